The van der Waals surface area contributed by atoms with Crippen LogP contribution in [0.2, 0.25) is 29.7 Å². The van der Waals surface area contributed by atoms with Gasteiger partial charge >= 0.3 is 6.18 Å². The van der Waals surface area contributed by atoms with Gasteiger partial charge in [0.25, 0.3) is 15.9 Å². The first kappa shape index (κ1) is 27.4. The maximum absolute atomic E-state index is 15.7. The van der Waals surface area contributed by atoms with E-state index in [1.54, 1.807) is 6.92 Å². The SMILES string of the molecule is Cc1ccc(S(=O)(=O)n2c3c(c4cc(Cl)c(Cl)cc42)CC(C(F)(F)F)C(F)(F)C3O[Si](C)(C)C)cc1. The second-order valence-electron chi connectivity index (χ2n) is 9.81. The van der Waals surface area contributed by atoms with E-state index in [-0.39, 0.29) is 31.4 Å². The highest BCUT2D eigenvalue weighted by Gasteiger charge is 2.64. The van der Waals surface area contributed by atoms with Crippen LogP contribution in [0.25, 0.3) is 10.9 Å². The molecule has 0 saturated heterocycles. The molecule has 13 heteroatoms. The normalized spacial score (nSPS) is 20.5. The number of nitrogens with zero attached hydrogens (tertiary/aromatic N) is 1. The maximum Gasteiger partial charge on any atom is 0.398 e. The fourth-order valence-electron chi connectivity index (χ4n) is 4.42. The van der Waals surface area contributed by atoms with Crippen LogP contribution in [0.3, 0.4) is 0 Å². The lowest BCUT2D eigenvalue weighted by molar-refractivity contribution is -0.268. The molecule has 1 aromatic heterocycles. The monoisotopic (exact) mass is 585 g/mol. The summed E-state index contributed by atoms with van der Waals surface area (Å²) < 4.78 is 107. The van der Waals surface area contributed by atoms with E-state index in [1.807, 2.05) is 0 Å². The summed E-state index contributed by atoms with van der Waals surface area (Å²) >= 11 is 12.3. The fourth-order valence-corrected chi connectivity index (χ4v) is 7.28. The Labute approximate surface area is 216 Å². The molecule has 0 fully saturated rings. The number of alkyl halides is 5. The molecule has 0 amide bonds. The van der Waals surface area contributed by atoms with E-state index < -0.39 is 54.6 Å². The predicted molar refractivity (Wildman–Crippen MR) is 131 cm³/mol. The summed E-state index contributed by atoms with van der Waals surface area (Å²) in [7, 11) is -7.50. The van der Waals surface area contributed by atoms with Crippen molar-refractivity contribution in [3.05, 3.63) is 63.3 Å². The molecule has 1 aliphatic rings. The van der Waals surface area contributed by atoms with E-state index in [1.165, 1.54) is 50.0 Å². The van der Waals surface area contributed by atoms with Crippen molar-refractivity contribution >= 4 is 52.4 Å². The van der Waals surface area contributed by atoms with Gasteiger partial charge in [0.2, 0.25) is 0 Å². The number of aromatic nitrogens is 1. The highest BCUT2D eigenvalue weighted by Crippen LogP contribution is 2.56. The Hall–Kier alpha value is -1.66. The zero-order chi connectivity index (χ0) is 27.0. The number of aryl methyl sites for hydroxylation is 1. The minimum absolute atomic E-state index is 0.0102. The number of hydrogen-bond donors (Lipinski definition) is 0. The molecule has 196 valence electrons. The number of rotatable bonds is 4. The average Bonchev–Trinajstić information content (AvgIpc) is 3.02. The molecule has 4 nitrogen and oxygen atoms in total. The van der Waals surface area contributed by atoms with Gasteiger partial charge in [0, 0.05) is 5.39 Å². The van der Waals surface area contributed by atoms with Crippen molar-refractivity contribution in [3.8, 4) is 0 Å². The number of benzene rings is 2. The molecule has 3 aromatic rings. The largest absolute Gasteiger partial charge is 0.404 e. The van der Waals surface area contributed by atoms with E-state index in [2.05, 4.69) is 0 Å². The second-order valence-corrected chi connectivity index (χ2v) is 16.9. The van der Waals surface area contributed by atoms with E-state index in [9.17, 15) is 21.6 Å². The molecule has 0 saturated carbocycles. The third-order valence-electron chi connectivity index (χ3n) is 6.01. The molecule has 0 N–H and O–H groups in total. The summed E-state index contributed by atoms with van der Waals surface area (Å²) in [5, 5.41) is -0.148. The molecule has 0 radical (unpaired) electrons. The van der Waals surface area contributed by atoms with Crippen molar-refractivity contribution in [3.63, 3.8) is 0 Å². The molecule has 1 aliphatic carbocycles. The first-order valence-corrected chi connectivity index (χ1v) is 16.4. The Bertz CT molecular complexity index is 1450. The van der Waals surface area contributed by atoms with Crippen LogP contribution in [0, 0.1) is 12.8 Å². The maximum atomic E-state index is 15.7. The summed E-state index contributed by atoms with van der Waals surface area (Å²) in [5.41, 5.74) is -0.159. The molecule has 1 heterocycles. The number of hydrogen-bond acceptors (Lipinski definition) is 3. The van der Waals surface area contributed by atoms with Crippen molar-refractivity contribution in [2.45, 2.75) is 56.1 Å². The summed E-state index contributed by atoms with van der Waals surface area (Å²) in [5.74, 6) is -7.54. The van der Waals surface area contributed by atoms with Gasteiger partial charge < -0.3 is 4.43 Å². The summed E-state index contributed by atoms with van der Waals surface area (Å²) in [4.78, 5) is -0.230. The predicted octanol–water partition coefficient (Wildman–Crippen LogP) is 7.76. The molecular formula is C23H22Cl2F5NO3SSi. The van der Waals surface area contributed by atoms with Gasteiger partial charge in [0.15, 0.2) is 14.4 Å². The second kappa shape index (κ2) is 8.69. The van der Waals surface area contributed by atoms with Gasteiger partial charge in [-0.3, -0.25) is 0 Å². The van der Waals surface area contributed by atoms with Crippen LogP contribution in [0.1, 0.15) is 22.9 Å². The molecule has 2 atom stereocenters. The minimum Gasteiger partial charge on any atom is -0.404 e. The van der Waals surface area contributed by atoms with Crippen LogP contribution in [0.15, 0.2) is 41.3 Å². The number of fused-ring (bicyclic) bond motifs is 3. The first-order chi connectivity index (χ1) is 16.4. The van der Waals surface area contributed by atoms with Gasteiger partial charge in [-0.25, -0.2) is 21.2 Å². The van der Waals surface area contributed by atoms with Gasteiger partial charge in [-0.2, -0.15) is 13.2 Å². The van der Waals surface area contributed by atoms with Gasteiger partial charge in [-0.05, 0) is 62.8 Å². The van der Waals surface area contributed by atoms with Gasteiger partial charge in [0.05, 0.1) is 26.2 Å². The summed E-state index contributed by atoms with van der Waals surface area (Å²) in [6, 6.07) is 8.03. The Morgan fingerprint density at radius 2 is 1.61 bits per heavy atom. The third kappa shape index (κ3) is 4.57. The Morgan fingerprint density at radius 1 is 1.06 bits per heavy atom. The van der Waals surface area contributed by atoms with Crippen LogP contribution < -0.4 is 0 Å². The van der Waals surface area contributed by atoms with Gasteiger partial charge in [0.1, 0.15) is 5.92 Å². The highest BCUT2D eigenvalue weighted by molar-refractivity contribution is 7.90. The lowest BCUT2D eigenvalue weighted by atomic mass is 9.81. The van der Waals surface area contributed by atoms with Crippen LogP contribution >= 0.6 is 23.2 Å². The Morgan fingerprint density at radius 3 is 2.14 bits per heavy atom. The smallest absolute Gasteiger partial charge is 0.398 e. The van der Waals surface area contributed by atoms with Crippen LogP contribution in [-0.4, -0.2) is 32.8 Å². The Balaban J connectivity index is 2.16. The Kier molecular flexibility index (Phi) is 6.61. The molecular weight excluding hydrogens is 564 g/mol. The van der Waals surface area contributed by atoms with Gasteiger partial charge in [-0.15, -0.1) is 0 Å². The van der Waals surface area contributed by atoms with E-state index in [0.717, 1.165) is 11.6 Å². The topological polar surface area (TPSA) is 48.3 Å². The minimum atomic E-state index is -5.28. The van der Waals surface area contributed by atoms with Crippen molar-refractivity contribution in [1.29, 1.82) is 0 Å². The van der Waals surface area contributed by atoms with E-state index >= 15 is 8.78 Å². The lowest BCUT2D eigenvalue weighted by Gasteiger charge is -2.41. The summed E-state index contributed by atoms with van der Waals surface area (Å²) in [6.07, 6.45) is -8.89. The van der Waals surface area contributed by atoms with E-state index in [0.29, 0.717) is 3.97 Å². The molecule has 0 spiro atoms. The number of halogens is 7. The first-order valence-electron chi connectivity index (χ1n) is 10.8. The fraction of sp³-hybridized carbons (Fsp3) is 0.391. The zero-order valence-corrected chi connectivity index (χ0v) is 22.9. The zero-order valence-electron chi connectivity index (χ0n) is 19.6. The highest BCUT2D eigenvalue weighted by atomic mass is 35.5. The molecule has 36 heavy (non-hydrogen) atoms. The van der Waals surface area contributed by atoms with E-state index in [4.69, 9.17) is 27.6 Å². The van der Waals surface area contributed by atoms with Crippen LogP contribution in [-0.2, 0) is 20.9 Å². The molecule has 2 unspecified atom stereocenters. The molecule has 2 aromatic carbocycles. The van der Waals surface area contributed by atoms with Crippen LogP contribution in [0.4, 0.5) is 22.0 Å². The van der Waals surface area contributed by atoms with Crippen molar-refractivity contribution < 1.29 is 34.8 Å². The van der Waals surface area contributed by atoms with Crippen LogP contribution in [0.5, 0.6) is 0 Å². The average molecular weight is 586 g/mol. The van der Waals surface area contributed by atoms with Gasteiger partial charge in [-0.1, -0.05) is 40.9 Å². The van der Waals surface area contributed by atoms with Crippen molar-refractivity contribution in [2.24, 2.45) is 5.92 Å². The molecule has 4 rings (SSSR count). The van der Waals surface area contributed by atoms with Crippen molar-refractivity contribution in [2.75, 3.05) is 0 Å². The third-order valence-corrected chi connectivity index (χ3v) is 9.41. The lowest BCUT2D eigenvalue weighted by Crippen LogP contribution is -2.51. The molecule has 0 aliphatic heterocycles. The quantitative estimate of drug-likeness (QED) is 0.232. The summed E-state index contributed by atoms with van der Waals surface area (Å²) in [6.45, 7) is 6.35. The van der Waals surface area contributed by atoms with Crippen molar-refractivity contribution in [1.82, 2.24) is 3.97 Å². The standard InChI is InChI=1S/C23H22Cl2F5NO3SSi/c1-12-5-7-13(8-6-12)35(32,33)31-18-11-17(25)16(24)9-14(18)15-10-19(23(28,29)30)22(26,27)21(20(15)31)34-36(2,3)4/h5-9,11,19,21H,10H2,1-4H3. The molecule has 0 bridgehead atoms.